The number of nitro benzene ring substituents is 1. The molecule has 0 radical (unpaired) electrons. The van der Waals surface area contributed by atoms with Crippen LogP contribution in [0, 0.1) is 14.9 Å². The van der Waals surface area contributed by atoms with E-state index in [1.165, 1.54) is 23.3 Å². The molecule has 0 aliphatic rings. The zero-order chi connectivity index (χ0) is 17.8. The van der Waals surface area contributed by atoms with Gasteiger partial charge in [-0.3, -0.25) is 15.2 Å². The van der Waals surface area contributed by atoms with E-state index in [9.17, 15) is 10.1 Å². The van der Waals surface area contributed by atoms with E-state index in [1.54, 1.807) is 24.1 Å². The van der Waals surface area contributed by atoms with Gasteiger partial charge in [0.05, 0.1) is 11.1 Å². The molecule has 2 aromatic carbocycles. The van der Waals surface area contributed by atoms with Crippen molar-refractivity contribution in [3.05, 3.63) is 75.3 Å². The molecule has 1 N–H and O–H groups in total. The molecule has 1 heterocycles. The summed E-state index contributed by atoms with van der Waals surface area (Å²) in [6, 6.07) is 14.4. The van der Waals surface area contributed by atoms with Crippen molar-refractivity contribution in [1.82, 2.24) is 14.9 Å². The molecule has 1 aromatic heterocycles. The molecular weight excluding hydrogens is 340 g/mol. The van der Waals surface area contributed by atoms with Gasteiger partial charge in [0.1, 0.15) is 12.0 Å². The predicted molar refractivity (Wildman–Crippen MR) is 98.0 cm³/mol. The molecule has 0 aliphatic heterocycles. The summed E-state index contributed by atoms with van der Waals surface area (Å²) in [5.74, 6) is 0. The minimum Gasteiger partial charge on any atom is -0.339 e. The van der Waals surface area contributed by atoms with Crippen molar-refractivity contribution in [2.75, 3.05) is 11.9 Å². The zero-order valence-corrected chi connectivity index (χ0v) is 14.1. The van der Waals surface area contributed by atoms with Crippen molar-refractivity contribution in [3.8, 4) is 0 Å². The summed E-state index contributed by atoms with van der Waals surface area (Å²) in [6.07, 6.45) is 2.91. The molecule has 0 saturated heterocycles. The number of hydrogen-bond donors (Lipinski definition) is 1. The van der Waals surface area contributed by atoms with Gasteiger partial charge in [-0.25, -0.2) is 0 Å². The van der Waals surface area contributed by atoms with Crippen LogP contribution in [0.2, 0.25) is 0 Å². The average Bonchev–Trinajstić information content (AvgIpc) is 3.05. The Morgan fingerprint density at radius 2 is 2.08 bits per heavy atom. The van der Waals surface area contributed by atoms with Gasteiger partial charge < -0.3 is 4.90 Å². The molecule has 0 spiro atoms. The Morgan fingerprint density at radius 3 is 2.72 bits per heavy atom. The van der Waals surface area contributed by atoms with Crippen molar-refractivity contribution in [1.29, 1.82) is 0 Å². The maximum absolute atomic E-state index is 11.5. The molecule has 3 rings (SSSR count). The van der Waals surface area contributed by atoms with Gasteiger partial charge in [0.15, 0.2) is 0 Å². The summed E-state index contributed by atoms with van der Waals surface area (Å²) in [4.78, 5) is 12.9. The fourth-order valence-corrected chi connectivity index (χ4v) is 2.44. The zero-order valence-electron chi connectivity index (χ0n) is 13.2. The first kappa shape index (κ1) is 16.5. The third-order valence-corrected chi connectivity index (χ3v) is 3.85. The molecule has 126 valence electrons. The second-order valence-corrected chi connectivity index (χ2v) is 5.54. The van der Waals surface area contributed by atoms with Gasteiger partial charge in [-0.15, -0.1) is 0 Å². The molecule has 25 heavy (non-hydrogen) atoms. The standard InChI is InChI=1S/C16H14N6O2S/c1-20(13-5-3-2-4-6-13)14-8-7-12(9-15(14)22(23)24)10-18-21-11-17-19-16(21)25/h2-11H,1H3,(H,19,25)/b18-10-. The Bertz CT molecular complexity index is 980. The molecular formula is C16H14N6O2S. The van der Waals surface area contributed by atoms with Crippen LogP contribution in [-0.4, -0.2) is 33.1 Å². The lowest BCUT2D eigenvalue weighted by Gasteiger charge is -2.19. The number of nitrogens with zero attached hydrogens (tertiary/aromatic N) is 5. The number of hydrogen-bond acceptors (Lipinski definition) is 6. The Kier molecular flexibility index (Phi) is 4.66. The van der Waals surface area contributed by atoms with Gasteiger partial charge >= 0.3 is 0 Å². The molecule has 0 amide bonds. The van der Waals surface area contributed by atoms with Gasteiger partial charge in [0.2, 0.25) is 4.77 Å². The summed E-state index contributed by atoms with van der Waals surface area (Å²) in [5.41, 5.74) is 1.93. The minimum atomic E-state index is -0.407. The van der Waals surface area contributed by atoms with Crippen LogP contribution in [0.15, 0.2) is 60.0 Å². The van der Waals surface area contributed by atoms with Crippen LogP contribution >= 0.6 is 12.2 Å². The Labute approximate surface area is 148 Å². The summed E-state index contributed by atoms with van der Waals surface area (Å²) < 4.78 is 1.71. The van der Waals surface area contributed by atoms with E-state index in [4.69, 9.17) is 12.2 Å². The first-order valence-electron chi connectivity index (χ1n) is 7.30. The fraction of sp³-hybridized carbons (Fsp3) is 0.0625. The lowest BCUT2D eigenvalue weighted by Crippen LogP contribution is -2.11. The van der Waals surface area contributed by atoms with E-state index in [-0.39, 0.29) is 5.69 Å². The van der Waals surface area contributed by atoms with Gasteiger partial charge in [0.25, 0.3) is 5.69 Å². The van der Waals surface area contributed by atoms with E-state index in [0.29, 0.717) is 16.0 Å². The maximum Gasteiger partial charge on any atom is 0.293 e. The van der Waals surface area contributed by atoms with E-state index < -0.39 is 4.92 Å². The highest BCUT2D eigenvalue weighted by atomic mass is 32.1. The van der Waals surface area contributed by atoms with E-state index in [2.05, 4.69) is 15.3 Å². The highest BCUT2D eigenvalue weighted by Gasteiger charge is 2.18. The molecule has 9 heteroatoms. The van der Waals surface area contributed by atoms with Crippen LogP contribution in [0.4, 0.5) is 17.1 Å². The van der Waals surface area contributed by atoms with Gasteiger partial charge in [-0.05, 0) is 30.4 Å². The number of benzene rings is 2. The van der Waals surface area contributed by atoms with Crippen LogP contribution in [0.5, 0.6) is 0 Å². The smallest absolute Gasteiger partial charge is 0.293 e. The van der Waals surface area contributed by atoms with Crippen molar-refractivity contribution in [2.45, 2.75) is 0 Å². The first-order valence-corrected chi connectivity index (χ1v) is 7.70. The maximum atomic E-state index is 11.5. The molecule has 8 nitrogen and oxygen atoms in total. The molecule has 0 bridgehead atoms. The summed E-state index contributed by atoms with van der Waals surface area (Å²) in [5, 5.41) is 22.0. The monoisotopic (exact) mass is 354 g/mol. The number of rotatable bonds is 5. The Hall–Kier alpha value is -3.33. The van der Waals surface area contributed by atoms with Crippen LogP contribution in [0.25, 0.3) is 0 Å². The van der Waals surface area contributed by atoms with E-state index >= 15 is 0 Å². The quantitative estimate of drug-likeness (QED) is 0.328. The Balaban J connectivity index is 1.96. The number of nitrogens with one attached hydrogen (secondary N) is 1. The number of para-hydroxylation sites is 1. The summed E-state index contributed by atoms with van der Waals surface area (Å²) in [7, 11) is 1.79. The molecule has 0 aliphatic carbocycles. The molecule has 3 aromatic rings. The number of H-pyrrole nitrogens is 1. The largest absolute Gasteiger partial charge is 0.339 e. The first-order chi connectivity index (χ1) is 12.1. The molecule has 0 fully saturated rings. The van der Waals surface area contributed by atoms with Crippen LogP contribution < -0.4 is 4.90 Å². The third kappa shape index (κ3) is 3.61. The van der Waals surface area contributed by atoms with E-state index in [0.717, 1.165) is 5.69 Å². The molecule has 0 unspecified atom stereocenters. The van der Waals surface area contributed by atoms with Crippen molar-refractivity contribution in [3.63, 3.8) is 0 Å². The highest BCUT2D eigenvalue weighted by Crippen LogP contribution is 2.32. The number of aromatic nitrogens is 3. The third-order valence-electron chi connectivity index (χ3n) is 3.57. The van der Waals surface area contributed by atoms with Crippen molar-refractivity contribution >= 4 is 35.5 Å². The normalized spacial score (nSPS) is 10.9. The summed E-state index contributed by atoms with van der Waals surface area (Å²) in [6.45, 7) is 0. The lowest BCUT2D eigenvalue weighted by molar-refractivity contribution is -0.384. The second kappa shape index (κ2) is 7.05. The fourth-order valence-electron chi connectivity index (χ4n) is 2.29. The van der Waals surface area contributed by atoms with Crippen molar-refractivity contribution in [2.24, 2.45) is 5.10 Å². The minimum absolute atomic E-state index is 0.00825. The number of aromatic amines is 1. The lowest BCUT2D eigenvalue weighted by atomic mass is 10.1. The van der Waals surface area contributed by atoms with E-state index in [1.807, 2.05) is 30.3 Å². The average molecular weight is 354 g/mol. The van der Waals surface area contributed by atoms with Gasteiger partial charge in [-0.1, -0.05) is 24.3 Å². The number of nitro groups is 1. The SMILES string of the molecule is CN(c1ccccc1)c1ccc(/C=N\n2cn[nH]c2=S)cc1[N+](=O)[O-]. The van der Waals surface area contributed by atoms with Crippen molar-refractivity contribution < 1.29 is 4.92 Å². The number of anilines is 2. The summed E-state index contributed by atoms with van der Waals surface area (Å²) >= 11 is 4.99. The van der Waals surface area contributed by atoms with Crippen LogP contribution in [0.3, 0.4) is 0 Å². The van der Waals surface area contributed by atoms with Gasteiger partial charge in [0, 0.05) is 24.4 Å². The Morgan fingerprint density at radius 1 is 1.32 bits per heavy atom. The van der Waals surface area contributed by atoms with Crippen LogP contribution in [0.1, 0.15) is 5.56 Å². The molecule has 0 saturated carbocycles. The molecule has 0 atom stereocenters. The highest BCUT2D eigenvalue weighted by molar-refractivity contribution is 7.71. The van der Waals surface area contributed by atoms with Crippen LogP contribution in [-0.2, 0) is 0 Å². The van der Waals surface area contributed by atoms with Gasteiger partial charge in [-0.2, -0.15) is 14.9 Å². The second-order valence-electron chi connectivity index (χ2n) is 5.15. The topological polar surface area (TPSA) is 92.3 Å². The predicted octanol–water partition coefficient (Wildman–Crippen LogP) is 3.50.